The predicted molar refractivity (Wildman–Crippen MR) is 104 cm³/mol. The minimum Gasteiger partial charge on any atom is -0.452 e. The first-order valence-electron chi connectivity index (χ1n) is 6.85. The molecular weight excluding hydrogens is 465 g/mol. The number of halogens is 5. The van der Waals surface area contributed by atoms with Gasteiger partial charge in [-0.15, -0.1) is 0 Å². The molecule has 0 saturated carbocycles. The second-order valence-corrected chi connectivity index (χ2v) is 6.89. The van der Waals surface area contributed by atoms with E-state index in [-0.39, 0.29) is 36.4 Å². The zero-order valence-corrected chi connectivity index (χ0v) is 16.7. The van der Waals surface area contributed by atoms with Crippen molar-refractivity contribution in [2.24, 2.45) is 0 Å². The maximum absolute atomic E-state index is 12.0. The average Bonchev–Trinajstić information content (AvgIpc) is 2.61. The molecule has 27 heavy (non-hydrogen) atoms. The monoisotopic (exact) mass is 470 g/mol. The van der Waals surface area contributed by atoms with Gasteiger partial charge in [-0.05, 0) is 18.2 Å². The van der Waals surface area contributed by atoms with Crippen molar-refractivity contribution < 1.29 is 19.2 Å². The molecule has 0 bridgehead atoms. The van der Waals surface area contributed by atoms with Crippen molar-refractivity contribution in [2.75, 3.05) is 11.9 Å². The van der Waals surface area contributed by atoms with Crippen LogP contribution in [0, 0.1) is 10.1 Å². The number of nitrogens with one attached hydrogen (secondary N) is 1. The average molecular weight is 472 g/mol. The molecule has 0 heterocycles. The van der Waals surface area contributed by atoms with E-state index >= 15 is 0 Å². The third-order valence-electron chi connectivity index (χ3n) is 3.09. The molecule has 0 unspecified atom stereocenters. The molecule has 7 nitrogen and oxygen atoms in total. The molecule has 0 radical (unpaired) electrons. The van der Waals surface area contributed by atoms with Crippen molar-refractivity contribution in [3.63, 3.8) is 0 Å². The van der Waals surface area contributed by atoms with Gasteiger partial charge < -0.3 is 10.1 Å². The quantitative estimate of drug-likeness (QED) is 0.262. The molecule has 0 aliphatic heterocycles. The first-order valence-corrected chi connectivity index (χ1v) is 8.74. The highest BCUT2D eigenvalue weighted by molar-refractivity contribution is 6.50. The van der Waals surface area contributed by atoms with Gasteiger partial charge in [0.1, 0.15) is 5.56 Å². The lowest BCUT2D eigenvalue weighted by Gasteiger charge is -2.12. The third-order valence-corrected chi connectivity index (χ3v) is 4.90. The van der Waals surface area contributed by atoms with E-state index < -0.39 is 29.1 Å². The van der Waals surface area contributed by atoms with Crippen molar-refractivity contribution in [3.8, 4) is 0 Å². The van der Waals surface area contributed by atoms with E-state index in [1.54, 1.807) is 0 Å². The number of hydrogen-bond donors (Lipinski definition) is 1. The zero-order valence-electron chi connectivity index (χ0n) is 12.9. The standard InChI is InChI=1S/C15H7Cl5N2O5/c16-6-1-2-7(10(3-6)22(25)26)15(24)27-5-11(23)21-14-12(19)8(17)4-9(18)13(14)20/h1-4H,5H2,(H,21,23). The molecule has 12 heteroatoms. The molecule has 0 fully saturated rings. The SMILES string of the molecule is O=C(COC(=O)c1ccc(Cl)cc1[N+](=O)[O-])Nc1c(Cl)c(Cl)cc(Cl)c1Cl. The summed E-state index contributed by atoms with van der Waals surface area (Å²) < 4.78 is 4.78. The number of ether oxygens (including phenoxy) is 1. The number of carbonyl (C=O) groups excluding carboxylic acids is 2. The lowest BCUT2D eigenvalue weighted by molar-refractivity contribution is -0.385. The van der Waals surface area contributed by atoms with E-state index in [9.17, 15) is 19.7 Å². The lowest BCUT2D eigenvalue weighted by atomic mass is 10.2. The third kappa shape index (κ3) is 5.15. The molecule has 2 aromatic carbocycles. The fraction of sp³-hybridized carbons (Fsp3) is 0.0667. The molecule has 1 N–H and O–H groups in total. The number of anilines is 1. The maximum Gasteiger partial charge on any atom is 0.345 e. The van der Waals surface area contributed by atoms with Gasteiger partial charge in [0.05, 0.1) is 30.7 Å². The van der Waals surface area contributed by atoms with Gasteiger partial charge in [0.15, 0.2) is 6.61 Å². The van der Waals surface area contributed by atoms with Crippen LogP contribution in [0.15, 0.2) is 24.3 Å². The van der Waals surface area contributed by atoms with Crippen LogP contribution in [0.25, 0.3) is 0 Å². The number of benzene rings is 2. The van der Waals surface area contributed by atoms with Crippen LogP contribution < -0.4 is 5.32 Å². The van der Waals surface area contributed by atoms with Gasteiger partial charge in [-0.3, -0.25) is 14.9 Å². The second-order valence-electron chi connectivity index (χ2n) is 4.89. The minimum atomic E-state index is -1.09. The Kier molecular flexibility index (Phi) is 7.13. The molecule has 1 amide bonds. The Bertz CT molecular complexity index is 924. The van der Waals surface area contributed by atoms with Gasteiger partial charge in [-0.1, -0.05) is 58.0 Å². The Hall–Kier alpha value is -1.77. The highest BCUT2D eigenvalue weighted by atomic mass is 35.5. The minimum absolute atomic E-state index is 0.0511. The molecular formula is C15H7Cl5N2O5. The molecule has 0 aliphatic rings. The van der Waals surface area contributed by atoms with E-state index in [0.717, 1.165) is 12.1 Å². The Morgan fingerprint density at radius 3 is 2.19 bits per heavy atom. The zero-order chi connectivity index (χ0) is 20.3. The highest BCUT2D eigenvalue weighted by Crippen LogP contribution is 2.41. The van der Waals surface area contributed by atoms with Crippen LogP contribution in [-0.2, 0) is 9.53 Å². The summed E-state index contributed by atoms with van der Waals surface area (Å²) in [6, 6.07) is 4.68. The van der Waals surface area contributed by atoms with Crippen LogP contribution >= 0.6 is 58.0 Å². The van der Waals surface area contributed by atoms with Gasteiger partial charge in [-0.2, -0.15) is 0 Å². The number of carbonyl (C=O) groups is 2. The van der Waals surface area contributed by atoms with Crippen molar-refractivity contribution in [1.29, 1.82) is 0 Å². The smallest absolute Gasteiger partial charge is 0.345 e. The van der Waals surface area contributed by atoms with Crippen LogP contribution in [0.2, 0.25) is 25.1 Å². The van der Waals surface area contributed by atoms with Gasteiger partial charge >= 0.3 is 5.97 Å². The molecule has 0 saturated heterocycles. The fourth-order valence-electron chi connectivity index (χ4n) is 1.90. The summed E-state index contributed by atoms with van der Waals surface area (Å²) in [7, 11) is 0. The van der Waals surface area contributed by atoms with Gasteiger partial charge in [-0.25, -0.2) is 4.79 Å². The lowest BCUT2D eigenvalue weighted by Crippen LogP contribution is -2.21. The van der Waals surface area contributed by atoms with E-state index in [2.05, 4.69) is 5.32 Å². The topological polar surface area (TPSA) is 98.5 Å². The number of amides is 1. The molecule has 2 rings (SSSR count). The summed E-state index contributed by atoms with van der Waals surface area (Å²) in [5.74, 6) is -1.91. The van der Waals surface area contributed by atoms with E-state index in [1.165, 1.54) is 12.1 Å². The summed E-state index contributed by atoms with van der Waals surface area (Å²) in [5, 5.41) is 13.4. The van der Waals surface area contributed by atoms with E-state index in [1.807, 2.05) is 0 Å². The Morgan fingerprint density at radius 2 is 1.63 bits per heavy atom. The van der Waals surface area contributed by atoms with E-state index in [4.69, 9.17) is 62.7 Å². The summed E-state index contributed by atoms with van der Waals surface area (Å²) in [6.07, 6.45) is 0. The molecule has 0 aliphatic carbocycles. The highest BCUT2D eigenvalue weighted by Gasteiger charge is 2.23. The van der Waals surface area contributed by atoms with Gasteiger partial charge in [0.2, 0.25) is 0 Å². The summed E-state index contributed by atoms with van der Waals surface area (Å²) in [4.78, 5) is 34.2. The van der Waals surface area contributed by atoms with Crippen LogP contribution in [0.3, 0.4) is 0 Å². The Balaban J connectivity index is 2.11. The van der Waals surface area contributed by atoms with Crippen LogP contribution in [0.5, 0.6) is 0 Å². The summed E-state index contributed by atoms with van der Waals surface area (Å²) in [6.45, 7) is -0.768. The number of hydrogen-bond acceptors (Lipinski definition) is 5. The Labute approximate surface area is 177 Å². The first kappa shape index (κ1) is 21.5. The molecule has 2 aromatic rings. The van der Waals surface area contributed by atoms with Crippen LogP contribution in [0.4, 0.5) is 11.4 Å². The number of nitrogens with zero attached hydrogens (tertiary/aromatic N) is 1. The molecule has 0 aromatic heterocycles. The Morgan fingerprint density at radius 1 is 1.04 bits per heavy atom. The second kappa shape index (κ2) is 8.95. The first-order chi connectivity index (χ1) is 12.6. The number of rotatable bonds is 5. The summed E-state index contributed by atoms with van der Waals surface area (Å²) >= 11 is 29.3. The molecule has 0 atom stereocenters. The molecule has 0 spiro atoms. The van der Waals surface area contributed by atoms with E-state index in [0.29, 0.717) is 0 Å². The van der Waals surface area contributed by atoms with Gasteiger partial charge in [0.25, 0.3) is 11.6 Å². The predicted octanol–water partition coefficient (Wildman–Crippen LogP) is 5.66. The largest absolute Gasteiger partial charge is 0.452 e. The van der Waals surface area contributed by atoms with Crippen LogP contribution in [-0.4, -0.2) is 23.4 Å². The van der Waals surface area contributed by atoms with Crippen molar-refractivity contribution in [1.82, 2.24) is 0 Å². The number of nitro groups is 1. The fourth-order valence-corrected chi connectivity index (χ4v) is 2.97. The van der Waals surface area contributed by atoms with Crippen LogP contribution in [0.1, 0.15) is 10.4 Å². The molecule has 142 valence electrons. The summed E-state index contributed by atoms with van der Waals surface area (Å²) in [5.41, 5.74) is -0.978. The van der Waals surface area contributed by atoms with Crippen molar-refractivity contribution >= 4 is 81.3 Å². The normalized spacial score (nSPS) is 10.4. The van der Waals surface area contributed by atoms with Gasteiger partial charge in [0, 0.05) is 11.1 Å². The number of nitro benzene ring substituents is 1. The van der Waals surface area contributed by atoms with Crippen molar-refractivity contribution in [2.45, 2.75) is 0 Å². The van der Waals surface area contributed by atoms with Crippen molar-refractivity contribution in [3.05, 3.63) is 65.1 Å². The number of esters is 1. The maximum atomic E-state index is 12.0.